The first-order valence-electron chi connectivity index (χ1n) is 10.9. The average molecular weight is 394 g/mol. The molecule has 1 aliphatic carbocycles. The summed E-state index contributed by atoms with van der Waals surface area (Å²) in [4.78, 5) is 15.5. The average Bonchev–Trinajstić information content (AvgIpc) is 3.04. The lowest BCUT2D eigenvalue weighted by atomic mass is 9.85. The molecule has 4 nitrogen and oxygen atoms in total. The van der Waals surface area contributed by atoms with Gasteiger partial charge >= 0.3 is 0 Å². The molecule has 1 fully saturated rings. The summed E-state index contributed by atoms with van der Waals surface area (Å²) >= 11 is 0. The third kappa shape index (κ3) is 4.54. The zero-order valence-electron chi connectivity index (χ0n) is 17.3. The first-order valence-corrected chi connectivity index (χ1v) is 10.9. The number of nitrogens with zero attached hydrogens (tertiary/aromatic N) is 1. The summed E-state index contributed by atoms with van der Waals surface area (Å²) in [5, 5.41) is 9.62. The van der Waals surface area contributed by atoms with E-state index in [2.05, 4.69) is 35.2 Å². The number of carbonyl (C=O) groups excluding carboxylic acids is 1. The van der Waals surface area contributed by atoms with E-state index in [4.69, 9.17) is 4.74 Å². The molecule has 1 N–H and O–H groups in total. The molecule has 2 aromatic rings. The number of ketones is 1. The highest BCUT2D eigenvalue weighted by Gasteiger charge is 2.34. The van der Waals surface area contributed by atoms with Crippen LogP contribution in [0.3, 0.4) is 0 Å². The number of aliphatic hydroxyl groups excluding tert-OH is 1. The Kier molecular flexibility index (Phi) is 6.31. The topological polar surface area (TPSA) is 49.8 Å². The van der Waals surface area contributed by atoms with Crippen molar-refractivity contribution in [3.8, 4) is 5.75 Å². The van der Waals surface area contributed by atoms with Crippen LogP contribution >= 0.6 is 0 Å². The number of Topliss-reactive ketones (excluding diaryl/α,β-unsaturated/α-hetero) is 1. The van der Waals surface area contributed by atoms with Crippen LogP contribution in [0, 0.1) is 11.8 Å². The second kappa shape index (κ2) is 9.10. The molecule has 29 heavy (non-hydrogen) atoms. The predicted molar refractivity (Wildman–Crippen MR) is 114 cm³/mol. The van der Waals surface area contributed by atoms with E-state index in [-0.39, 0.29) is 18.3 Å². The van der Waals surface area contributed by atoms with Gasteiger partial charge < -0.3 is 9.84 Å². The molecular formula is C25H31NO3. The van der Waals surface area contributed by atoms with Crippen LogP contribution < -0.4 is 4.74 Å². The number of hydrogen-bond acceptors (Lipinski definition) is 4. The van der Waals surface area contributed by atoms with Gasteiger partial charge in [0.05, 0.1) is 13.2 Å². The maximum absolute atomic E-state index is 13.0. The maximum Gasteiger partial charge on any atom is 0.166 e. The second-order valence-corrected chi connectivity index (χ2v) is 8.41. The van der Waals surface area contributed by atoms with E-state index in [1.54, 1.807) is 0 Å². The van der Waals surface area contributed by atoms with Gasteiger partial charge in [-0.2, -0.15) is 0 Å². The summed E-state index contributed by atoms with van der Waals surface area (Å²) in [6, 6.07) is 14.5. The maximum atomic E-state index is 13.0. The van der Waals surface area contributed by atoms with Gasteiger partial charge in [0.15, 0.2) is 5.78 Å². The Morgan fingerprint density at radius 3 is 2.59 bits per heavy atom. The van der Waals surface area contributed by atoms with Crippen molar-refractivity contribution in [3.05, 3.63) is 64.7 Å². The van der Waals surface area contributed by atoms with Crippen LogP contribution in [0.15, 0.2) is 42.5 Å². The van der Waals surface area contributed by atoms with E-state index in [1.165, 1.54) is 18.4 Å². The zero-order valence-corrected chi connectivity index (χ0v) is 17.3. The highest BCUT2D eigenvalue weighted by Crippen LogP contribution is 2.37. The predicted octanol–water partition coefficient (Wildman–Crippen LogP) is 4.23. The summed E-state index contributed by atoms with van der Waals surface area (Å²) in [5.74, 6) is 1.67. The Bertz CT molecular complexity index is 841. The van der Waals surface area contributed by atoms with Crippen molar-refractivity contribution >= 4 is 5.78 Å². The van der Waals surface area contributed by atoms with Crippen LogP contribution in [-0.2, 0) is 19.6 Å². The minimum atomic E-state index is -0.0968. The smallest absolute Gasteiger partial charge is 0.166 e. The lowest BCUT2D eigenvalue weighted by Crippen LogP contribution is -2.34. The summed E-state index contributed by atoms with van der Waals surface area (Å²) in [7, 11) is 0. The van der Waals surface area contributed by atoms with E-state index in [0.29, 0.717) is 18.1 Å². The van der Waals surface area contributed by atoms with E-state index >= 15 is 0 Å². The molecule has 0 bridgehead atoms. The monoisotopic (exact) mass is 393 g/mol. The van der Waals surface area contributed by atoms with Crippen molar-refractivity contribution in [1.82, 2.24) is 4.90 Å². The van der Waals surface area contributed by atoms with Crippen LogP contribution in [0.2, 0.25) is 0 Å². The first-order chi connectivity index (χ1) is 14.2. The van der Waals surface area contributed by atoms with Gasteiger partial charge in [-0.05, 0) is 74.9 Å². The van der Waals surface area contributed by atoms with Gasteiger partial charge in [-0.25, -0.2) is 0 Å². The van der Waals surface area contributed by atoms with Crippen molar-refractivity contribution in [2.45, 2.75) is 45.8 Å². The lowest BCUT2D eigenvalue weighted by molar-refractivity contribution is 0.0895. The number of fused-ring (bicyclic) bond motifs is 1. The molecule has 2 aromatic carbocycles. The Hall–Kier alpha value is -2.17. The SMILES string of the molecule is CCOc1cc2c(cc1CO)C(=O)C(CC1CCN(Cc3ccccc3)CC1)C2. The molecule has 0 saturated carbocycles. The number of ether oxygens (including phenoxy) is 1. The zero-order chi connectivity index (χ0) is 20.2. The van der Waals surface area contributed by atoms with Gasteiger partial charge in [0, 0.05) is 23.6 Å². The molecule has 4 heteroatoms. The summed E-state index contributed by atoms with van der Waals surface area (Å²) in [5.41, 5.74) is 3.97. The Labute approximate surface area is 173 Å². The third-order valence-electron chi connectivity index (χ3n) is 6.43. The molecule has 1 aliphatic heterocycles. The number of carbonyl (C=O) groups is 1. The molecule has 154 valence electrons. The molecule has 0 amide bonds. The molecule has 1 atom stereocenters. The number of benzene rings is 2. The minimum absolute atomic E-state index is 0.0825. The van der Waals surface area contributed by atoms with Crippen molar-refractivity contribution in [3.63, 3.8) is 0 Å². The van der Waals surface area contributed by atoms with E-state index in [1.807, 2.05) is 19.1 Å². The van der Waals surface area contributed by atoms with Crippen LogP contribution in [0.5, 0.6) is 5.75 Å². The van der Waals surface area contributed by atoms with Crippen molar-refractivity contribution in [2.75, 3.05) is 19.7 Å². The summed E-state index contributed by atoms with van der Waals surface area (Å²) in [6.45, 7) is 5.64. The molecule has 1 unspecified atom stereocenters. The molecule has 4 rings (SSSR count). The van der Waals surface area contributed by atoms with Crippen LogP contribution in [-0.4, -0.2) is 35.5 Å². The van der Waals surface area contributed by atoms with Crippen LogP contribution in [0.4, 0.5) is 0 Å². The largest absolute Gasteiger partial charge is 0.493 e. The second-order valence-electron chi connectivity index (χ2n) is 8.41. The van der Waals surface area contributed by atoms with Gasteiger partial charge in [0.1, 0.15) is 5.75 Å². The lowest BCUT2D eigenvalue weighted by Gasteiger charge is -2.32. The molecule has 1 heterocycles. The minimum Gasteiger partial charge on any atom is -0.493 e. The molecule has 1 saturated heterocycles. The van der Waals surface area contributed by atoms with Gasteiger partial charge in [0.2, 0.25) is 0 Å². The van der Waals surface area contributed by atoms with Gasteiger partial charge in [-0.1, -0.05) is 30.3 Å². The van der Waals surface area contributed by atoms with Crippen LogP contribution in [0.25, 0.3) is 0 Å². The van der Waals surface area contributed by atoms with Gasteiger partial charge in [-0.3, -0.25) is 9.69 Å². The summed E-state index contributed by atoms with van der Waals surface area (Å²) < 4.78 is 5.66. The van der Waals surface area contributed by atoms with Crippen molar-refractivity contribution in [2.24, 2.45) is 11.8 Å². The standard InChI is InChI=1S/C25H31NO3/c1-2-29-24-15-20-13-21(25(28)23(20)14-22(24)17-27)12-18-8-10-26(11-9-18)16-19-6-4-3-5-7-19/h3-7,14-15,18,21,27H,2,8-13,16-17H2,1H3. The normalized spacial score (nSPS) is 20.1. The molecule has 0 spiro atoms. The van der Waals surface area contributed by atoms with Crippen molar-refractivity contribution < 1.29 is 14.6 Å². The molecule has 0 aromatic heterocycles. The highest BCUT2D eigenvalue weighted by molar-refractivity contribution is 6.02. The number of aliphatic hydroxyl groups is 1. The Balaban J connectivity index is 1.34. The van der Waals surface area contributed by atoms with Crippen molar-refractivity contribution in [1.29, 1.82) is 0 Å². The summed E-state index contributed by atoms with van der Waals surface area (Å²) in [6.07, 6.45) is 4.12. The molecular weight excluding hydrogens is 362 g/mol. The van der Waals surface area contributed by atoms with E-state index < -0.39 is 0 Å². The number of likely N-dealkylation sites (tertiary alicyclic amines) is 1. The van der Waals surface area contributed by atoms with Gasteiger partial charge in [0.25, 0.3) is 0 Å². The fourth-order valence-corrected chi connectivity index (χ4v) is 4.87. The van der Waals surface area contributed by atoms with E-state index in [0.717, 1.165) is 49.4 Å². The third-order valence-corrected chi connectivity index (χ3v) is 6.43. The fourth-order valence-electron chi connectivity index (χ4n) is 4.87. The van der Waals surface area contributed by atoms with Crippen LogP contribution in [0.1, 0.15) is 53.2 Å². The molecule has 2 aliphatic rings. The highest BCUT2D eigenvalue weighted by atomic mass is 16.5. The number of piperidine rings is 1. The Morgan fingerprint density at radius 1 is 1.14 bits per heavy atom. The fraction of sp³-hybridized carbons (Fsp3) is 0.480. The number of hydrogen-bond donors (Lipinski definition) is 1. The number of rotatable bonds is 7. The first kappa shape index (κ1) is 20.1. The van der Waals surface area contributed by atoms with E-state index in [9.17, 15) is 9.90 Å². The Morgan fingerprint density at radius 2 is 1.90 bits per heavy atom. The quantitative estimate of drug-likeness (QED) is 0.765. The molecule has 0 radical (unpaired) electrons. The van der Waals surface area contributed by atoms with Gasteiger partial charge in [-0.15, -0.1) is 0 Å².